The Morgan fingerprint density at radius 1 is 1.11 bits per heavy atom. The van der Waals surface area contributed by atoms with Gasteiger partial charge in [-0.2, -0.15) is 0 Å². The lowest BCUT2D eigenvalue weighted by Crippen LogP contribution is -2.29. The zero-order valence-corrected chi connectivity index (χ0v) is 17.5. The average molecular weight is 363 g/mol. The van der Waals surface area contributed by atoms with Gasteiger partial charge in [0.15, 0.2) is 0 Å². The minimum absolute atomic E-state index is 0.127. The van der Waals surface area contributed by atoms with Crippen LogP contribution in [0.5, 0.6) is 0 Å². The van der Waals surface area contributed by atoms with Crippen molar-refractivity contribution in [3.05, 3.63) is 52.1 Å². The van der Waals surface area contributed by atoms with Crippen LogP contribution in [0.1, 0.15) is 71.1 Å². The number of allylic oxidation sites excluding steroid dienone is 3. The molecule has 0 N–H and O–H groups in total. The van der Waals surface area contributed by atoms with Crippen molar-refractivity contribution in [3.8, 4) is 11.8 Å². The number of esters is 1. The number of rotatable bonds is 2. The van der Waals surface area contributed by atoms with E-state index in [1.165, 1.54) is 24.0 Å². The van der Waals surface area contributed by atoms with E-state index in [1.54, 1.807) is 0 Å². The van der Waals surface area contributed by atoms with E-state index in [1.807, 2.05) is 25.1 Å². The Hall–Kier alpha value is -2.27. The molecular weight excluding hydrogens is 332 g/mol. The fraction of sp³-hybridized carbons (Fsp3) is 0.480. The third-order valence-electron chi connectivity index (χ3n) is 6.19. The molecule has 0 bridgehead atoms. The molecule has 2 aliphatic rings. The van der Waals surface area contributed by atoms with Gasteiger partial charge in [-0.15, -0.1) is 0 Å². The topological polar surface area (TPSA) is 26.3 Å². The van der Waals surface area contributed by atoms with Crippen molar-refractivity contribution in [2.45, 2.75) is 60.8 Å². The molecule has 0 aromatic heterocycles. The van der Waals surface area contributed by atoms with Crippen LogP contribution in [0.15, 0.2) is 35.4 Å². The van der Waals surface area contributed by atoms with Crippen LogP contribution in [0.3, 0.4) is 0 Å². The van der Waals surface area contributed by atoms with Crippen molar-refractivity contribution in [1.29, 1.82) is 0 Å². The molecule has 2 aliphatic carbocycles. The number of fused-ring (bicyclic) bond motifs is 1. The molecular formula is C25H30O2. The normalized spacial score (nSPS) is 19.7. The molecule has 142 valence electrons. The molecule has 0 atom stereocenters. The Labute approximate surface area is 163 Å². The summed E-state index contributed by atoms with van der Waals surface area (Å²) in [6, 6.07) is 6.13. The average Bonchev–Trinajstić information content (AvgIpc) is 3.02. The van der Waals surface area contributed by atoms with Crippen molar-refractivity contribution in [2.24, 2.45) is 10.8 Å². The highest BCUT2D eigenvalue weighted by molar-refractivity contribution is 6.18. The largest absolute Gasteiger partial charge is 0.462 e. The quantitative estimate of drug-likeness (QED) is 0.498. The molecule has 0 heterocycles. The van der Waals surface area contributed by atoms with E-state index in [-0.39, 0.29) is 16.8 Å². The Balaban J connectivity index is 1.91. The van der Waals surface area contributed by atoms with Crippen LogP contribution in [0.2, 0.25) is 0 Å². The molecule has 0 unspecified atom stereocenters. The monoisotopic (exact) mass is 362 g/mol. The molecule has 0 radical (unpaired) electrons. The summed E-state index contributed by atoms with van der Waals surface area (Å²) in [6.45, 7) is 13.7. The summed E-state index contributed by atoms with van der Waals surface area (Å²) in [7, 11) is 0. The number of hydrogen-bond acceptors (Lipinski definition) is 2. The molecule has 2 heteroatoms. The molecule has 0 aliphatic heterocycles. The first kappa shape index (κ1) is 19.5. The van der Waals surface area contributed by atoms with Crippen molar-refractivity contribution in [2.75, 3.05) is 6.61 Å². The van der Waals surface area contributed by atoms with Gasteiger partial charge < -0.3 is 4.74 Å². The summed E-state index contributed by atoms with van der Waals surface area (Å²) in [4.78, 5) is 12.1. The zero-order chi connectivity index (χ0) is 19.8. The van der Waals surface area contributed by atoms with E-state index < -0.39 is 0 Å². The van der Waals surface area contributed by atoms with E-state index in [4.69, 9.17) is 4.74 Å². The molecule has 3 rings (SSSR count). The second-order valence-corrected chi connectivity index (χ2v) is 8.93. The lowest BCUT2D eigenvalue weighted by Gasteiger charge is -2.40. The maximum Gasteiger partial charge on any atom is 0.338 e. The number of benzene rings is 1. The van der Waals surface area contributed by atoms with Gasteiger partial charge in [0.05, 0.1) is 12.2 Å². The molecule has 0 saturated heterocycles. The molecule has 0 fully saturated rings. The first-order valence-electron chi connectivity index (χ1n) is 9.90. The SMILES string of the molecule is CCOC(=O)C1=CCc2cc(C#CC3=C(C)C(C)(C)CCC3(C)C)ccc21. The summed E-state index contributed by atoms with van der Waals surface area (Å²) in [5, 5.41) is 0. The highest BCUT2D eigenvalue weighted by Gasteiger charge is 2.36. The van der Waals surface area contributed by atoms with E-state index in [0.29, 0.717) is 12.2 Å². The second-order valence-electron chi connectivity index (χ2n) is 8.93. The van der Waals surface area contributed by atoms with Gasteiger partial charge in [0.1, 0.15) is 0 Å². The maximum absolute atomic E-state index is 12.1. The summed E-state index contributed by atoms with van der Waals surface area (Å²) < 4.78 is 5.15. The maximum atomic E-state index is 12.1. The highest BCUT2D eigenvalue weighted by atomic mass is 16.5. The van der Waals surface area contributed by atoms with Crippen LogP contribution in [0.4, 0.5) is 0 Å². The summed E-state index contributed by atoms with van der Waals surface area (Å²) in [5.41, 5.74) is 6.86. The zero-order valence-electron chi connectivity index (χ0n) is 17.5. The van der Waals surface area contributed by atoms with Crippen LogP contribution in [-0.4, -0.2) is 12.6 Å². The smallest absolute Gasteiger partial charge is 0.338 e. The van der Waals surface area contributed by atoms with E-state index >= 15 is 0 Å². The van der Waals surface area contributed by atoms with Crippen molar-refractivity contribution < 1.29 is 9.53 Å². The first-order valence-corrected chi connectivity index (χ1v) is 9.90. The highest BCUT2D eigenvalue weighted by Crippen LogP contribution is 2.48. The van der Waals surface area contributed by atoms with Crippen LogP contribution in [0.25, 0.3) is 5.57 Å². The van der Waals surface area contributed by atoms with Crippen molar-refractivity contribution in [3.63, 3.8) is 0 Å². The third kappa shape index (κ3) is 3.74. The number of carbonyl (C=O) groups is 1. The number of hydrogen-bond donors (Lipinski definition) is 0. The number of carbonyl (C=O) groups excluding carboxylic acids is 1. The Morgan fingerprint density at radius 3 is 2.52 bits per heavy atom. The van der Waals surface area contributed by atoms with Crippen molar-refractivity contribution in [1.82, 2.24) is 0 Å². The molecule has 0 saturated carbocycles. The molecule has 1 aromatic rings. The van der Waals surface area contributed by atoms with Gasteiger partial charge in [-0.1, -0.05) is 57.3 Å². The predicted molar refractivity (Wildman–Crippen MR) is 111 cm³/mol. The lowest BCUT2D eigenvalue weighted by molar-refractivity contribution is -0.136. The number of ether oxygens (including phenoxy) is 1. The van der Waals surface area contributed by atoms with Gasteiger partial charge in [0, 0.05) is 11.1 Å². The van der Waals surface area contributed by atoms with E-state index in [2.05, 4.69) is 52.5 Å². The van der Waals surface area contributed by atoms with E-state index in [9.17, 15) is 4.79 Å². The Bertz CT molecular complexity index is 898. The predicted octanol–water partition coefficient (Wildman–Crippen LogP) is 5.70. The fourth-order valence-electron chi connectivity index (χ4n) is 4.01. The molecule has 1 aromatic carbocycles. The minimum Gasteiger partial charge on any atom is -0.462 e. The molecule has 27 heavy (non-hydrogen) atoms. The summed E-state index contributed by atoms with van der Waals surface area (Å²) >= 11 is 0. The molecule has 2 nitrogen and oxygen atoms in total. The van der Waals surface area contributed by atoms with Gasteiger partial charge in [0.2, 0.25) is 0 Å². The van der Waals surface area contributed by atoms with Crippen molar-refractivity contribution >= 4 is 11.5 Å². The molecule has 0 amide bonds. The summed E-state index contributed by atoms with van der Waals surface area (Å²) in [5.74, 6) is 6.66. The van der Waals surface area contributed by atoms with Crippen LogP contribution < -0.4 is 0 Å². The van der Waals surface area contributed by atoms with Gasteiger partial charge in [0.25, 0.3) is 0 Å². The van der Waals surface area contributed by atoms with Crippen LogP contribution in [0, 0.1) is 22.7 Å². The summed E-state index contributed by atoms with van der Waals surface area (Å²) in [6.07, 6.45) is 5.09. The second kappa shape index (κ2) is 7.04. The Kier molecular flexibility index (Phi) is 5.08. The van der Waals surface area contributed by atoms with Crippen LogP contribution in [-0.2, 0) is 16.0 Å². The first-order chi connectivity index (χ1) is 12.7. The van der Waals surface area contributed by atoms with Gasteiger partial charge in [-0.3, -0.25) is 0 Å². The standard InChI is InChI=1S/C25H30O2/c1-7-27-23(26)21-12-10-19-16-18(8-11-20(19)21)9-13-22-17(2)24(3,4)14-15-25(22,5)6/h8,11-12,16H,7,10,14-15H2,1-6H3. The van der Waals surface area contributed by atoms with E-state index in [0.717, 1.165) is 23.1 Å². The Morgan fingerprint density at radius 2 is 1.81 bits per heavy atom. The lowest BCUT2D eigenvalue weighted by atomic mass is 9.63. The molecule has 0 spiro atoms. The van der Waals surface area contributed by atoms with Gasteiger partial charge >= 0.3 is 5.97 Å². The van der Waals surface area contributed by atoms with Gasteiger partial charge in [-0.25, -0.2) is 4.79 Å². The minimum atomic E-state index is -0.234. The third-order valence-corrected chi connectivity index (χ3v) is 6.19. The van der Waals surface area contributed by atoms with Gasteiger partial charge in [-0.05, 0) is 67.2 Å². The van der Waals surface area contributed by atoms with Crippen LogP contribution >= 0.6 is 0 Å². The fourth-order valence-corrected chi connectivity index (χ4v) is 4.01.